The third kappa shape index (κ3) is 3.34. The van der Waals surface area contributed by atoms with Crippen LogP contribution in [0.1, 0.15) is 10.4 Å². The van der Waals surface area contributed by atoms with E-state index in [-0.39, 0.29) is 12.4 Å². The average molecular weight is 275 g/mol. The number of benzene rings is 1. The van der Waals surface area contributed by atoms with Gasteiger partial charge in [0, 0.05) is 17.5 Å². The van der Waals surface area contributed by atoms with Crippen molar-refractivity contribution >= 4 is 17.0 Å². The van der Waals surface area contributed by atoms with E-state index in [2.05, 4.69) is 11.8 Å². The van der Waals surface area contributed by atoms with Gasteiger partial charge in [0.25, 0.3) is 0 Å². The minimum atomic E-state index is -0.232. The largest absolute Gasteiger partial charge is 0.384 e. The lowest BCUT2D eigenvalue weighted by atomic mass is 10.2. The minimum Gasteiger partial charge on any atom is -0.384 e. The molecule has 0 saturated heterocycles. The number of aliphatic hydroxyl groups is 1. The number of anilines is 1. The van der Waals surface area contributed by atoms with E-state index in [9.17, 15) is 4.39 Å². The molecular weight excluding hydrogens is 261 g/mol. The van der Waals surface area contributed by atoms with E-state index in [1.807, 2.05) is 29.5 Å². The Hall–Kier alpha value is -1.83. The average Bonchev–Trinajstić information content (AvgIpc) is 2.84. The van der Waals surface area contributed by atoms with Gasteiger partial charge in [-0.05, 0) is 23.6 Å². The Bertz CT molecular complexity index is 612. The fourth-order valence-corrected chi connectivity index (χ4v) is 2.65. The molecule has 0 amide bonds. The van der Waals surface area contributed by atoms with Crippen LogP contribution in [0.3, 0.4) is 0 Å². The summed E-state index contributed by atoms with van der Waals surface area (Å²) in [6.07, 6.45) is 0. The fourth-order valence-electron chi connectivity index (χ4n) is 1.77. The number of thiophene rings is 1. The zero-order valence-corrected chi connectivity index (χ0v) is 11.4. The maximum atomic E-state index is 13.7. The van der Waals surface area contributed by atoms with E-state index in [4.69, 9.17) is 5.11 Å². The lowest BCUT2D eigenvalue weighted by Gasteiger charge is -2.19. The first-order valence-electron chi connectivity index (χ1n) is 5.84. The fraction of sp³-hybridized carbons (Fsp3) is 0.200. The minimum absolute atomic E-state index is 0.154. The molecule has 0 aliphatic heterocycles. The number of nitrogens with zero attached hydrogens (tertiary/aromatic N) is 1. The number of rotatable bonds is 3. The molecule has 0 atom stereocenters. The van der Waals surface area contributed by atoms with Crippen LogP contribution in [-0.4, -0.2) is 18.8 Å². The molecule has 0 unspecified atom stereocenters. The molecule has 2 nitrogen and oxygen atoms in total. The van der Waals surface area contributed by atoms with Crippen molar-refractivity contribution in [3.05, 3.63) is 52.0 Å². The van der Waals surface area contributed by atoms with E-state index in [1.165, 1.54) is 6.07 Å². The zero-order chi connectivity index (χ0) is 13.7. The highest BCUT2D eigenvalue weighted by Gasteiger charge is 2.10. The summed E-state index contributed by atoms with van der Waals surface area (Å²) in [4.78, 5) is 2.91. The molecule has 1 heterocycles. The second-order valence-electron chi connectivity index (χ2n) is 4.02. The molecule has 1 aromatic carbocycles. The second-order valence-corrected chi connectivity index (χ2v) is 5.03. The number of hydrogen-bond donors (Lipinski definition) is 1. The van der Waals surface area contributed by atoms with Crippen LogP contribution in [0.2, 0.25) is 0 Å². The zero-order valence-electron chi connectivity index (χ0n) is 10.6. The molecule has 19 heavy (non-hydrogen) atoms. The molecule has 0 bridgehead atoms. The molecule has 2 aromatic rings. The van der Waals surface area contributed by atoms with Gasteiger partial charge in [0.05, 0.1) is 12.2 Å². The normalized spacial score (nSPS) is 9.84. The molecule has 0 saturated carbocycles. The van der Waals surface area contributed by atoms with E-state index in [0.717, 1.165) is 10.4 Å². The molecule has 1 N–H and O–H groups in total. The van der Waals surface area contributed by atoms with Crippen LogP contribution in [0, 0.1) is 17.7 Å². The third-order valence-corrected chi connectivity index (χ3v) is 3.60. The van der Waals surface area contributed by atoms with Gasteiger partial charge in [0.15, 0.2) is 0 Å². The Kier molecular flexibility index (Phi) is 4.56. The molecule has 0 aliphatic carbocycles. The van der Waals surface area contributed by atoms with Crippen LogP contribution >= 0.6 is 11.3 Å². The van der Waals surface area contributed by atoms with Gasteiger partial charge in [0.1, 0.15) is 12.4 Å². The molecule has 4 heteroatoms. The highest BCUT2D eigenvalue weighted by atomic mass is 32.1. The maximum Gasteiger partial charge on any atom is 0.146 e. The summed E-state index contributed by atoms with van der Waals surface area (Å²) in [6, 6.07) is 8.61. The first-order chi connectivity index (χ1) is 9.22. The maximum absolute atomic E-state index is 13.7. The summed E-state index contributed by atoms with van der Waals surface area (Å²) in [7, 11) is 1.85. The second kappa shape index (κ2) is 6.37. The Balaban J connectivity index is 2.18. The van der Waals surface area contributed by atoms with Crippen molar-refractivity contribution < 1.29 is 9.50 Å². The van der Waals surface area contributed by atoms with Crippen LogP contribution in [0.4, 0.5) is 10.1 Å². The molecule has 2 rings (SSSR count). The summed E-state index contributed by atoms with van der Waals surface area (Å²) in [5.74, 6) is 5.31. The van der Waals surface area contributed by atoms with E-state index in [1.54, 1.807) is 23.5 Å². The molecular formula is C15H14FNOS. The van der Waals surface area contributed by atoms with Crippen LogP contribution in [0.15, 0.2) is 35.7 Å². The van der Waals surface area contributed by atoms with Gasteiger partial charge in [-0.25, -0.2) is 4.39 Å². The van der Waals surface area contributed by atoms with Crippen molar-refractivity contribution in [3.8, 4) is 11.8 Å². The lowest BCUT2D eigenvalue weighted by molar-refractivity contribution is 0.350. The molecule has 0 aliphatic rings. The van der Waals surface area contributed by atoms with Crippen LogP contribution in [-0.2, 0) is 6.54 Å². The highest BCUT2D eigenvalue weighted by Crippen LogP contribution is 2.23. The highest BCUT2D eigenvalue weighted by molar-refractivity contribution is 7.10. The van der Waals surface area contributed by atoms with Crippen molar-refractivity contribution in [2.24, 2.45) is 0 Å². The van der Waals surface area contributed by atoms with E-state index >= 15 is 0 Å². The Morgan fingerprint density at radius 2 is 2.11 bits per heavy atom. The van der Waals surface area contributed by atoms with Gasteiger partial charge >= 0.3 is 0 Å². The van der Waals surface area contributed by atoms with Crippen molar-refractivity contribution in [3.63, 3.8) is 0 Å². The quantitative estimate of drug-likeness (QED) is 0.871. The summed E-state index contributed by atoms with van der Waals surface area (Å²) in [6.45, 7) is 0.437. The Labute approximate surface area is 116 Å². The molecule has 1 aromatic heterocycles. The smallest absolute Gasteiger partial charge is 0.146 e. The van der Waals surface area contributed by atoms with Crippen LogP contribution in [0.5, 0.6) is 0 Å². The van der Waals surface area contributed by atoms with Crippen LogP contribution < -0.4 is 4.90 Å². The van der Waals surface area contributed by atoms with Crippen molar-refractivity contribution in [2.75, 3.05) is 18.6 Å². The molecule has 0 radical (unpaired) electrons. The van der Waals surface area contributed by atoms with Gasteiger partial charge < -0.3 is 10.0 Å². The SMILES string of the molecule is CN(Cc1sccc1C#CCO)c1ccccc1F. The monoisotopic (exact) mass is 275 g/mol. The van der Waals surface area contributed by atoms with Crippen molar-refractivity contribution in [1.29, 1.82) is 0 Å². The summed E-state index contributed by atoms with van der Waals surface area (Å²) >= 11 is 1.58. The van der Waals surface area contributed by atoms with Gasteiger partial charge in [-0.15, -0.1) is 11.3 Å². The predicted octanol–water partition coefficient (Wildman–Crippen LogP) is 2.87. The van der Waals surface area contributed by atoms with E-state index in [0.29, 0.717) is 12.2 Å². The van der Waals surface area contributed by atoms with Crippen molar-refractivity contribution in [2.45, 2.75) is 6.54 Å². The third-order valence-electron chi connectivity index (χ3n) is 2.69. The predicted molar refractivity (Wildman–Crippen MR) is 76.8 cm³/mol. The van der Waals surface area contributed by atoms with Crippen molar-refractivity contribution in [1.82, 2.24) is 0 Å². The van der Waals surface area contributed by atoms with Gasteiger partial charge in [-0.2, -0.15) is 0 Å². The number of hydrogen-bond acceptors (Lipinski definition) is 3. The molecule has 0 fully saturated rings. The standard InChI is InChI=1S/C15H14FNOS/c1-17(14-7-3-2-6-13(14)16)11-15-12(5-4-9-18)8-10-19-15/h2-3,6-8,10,18H,9,11H2,1H3. The Morgan fingerprint density at radius 3 is 2.84 bits per heavy atom. The summed E-state index contributed by atoms with van der Waals surface area (Å²) < 4.78 is 13.7. The summed E-state index contributed by atoms with van der Waals surface area (Å²) in [5.41, 5.74) is 1.46. The van der Waals surface area contributed by atoms with E-state index < -0.39 is 0 Å². The number of para-hydroxylation sites is 1. The Morgan fingerprint density at radius 1 is 1.32 bits per heavy atom. The topological polar surface area (TPSA) is 23.5 Å². The number of halogens is 1. The van der Waals surface area contributed by atoms with Gasteiger partial charge in [-0.3, -0.25) is 0 Å². The van der Waals surface area contributed by atoms with Gasteiger partial charge in [-0.1, -0.05) is 24.0 Å². The lowest BCUT2D eigenvalue weighted by Crippen LogP contribution is -2.17. The van der Waals surface area contributed by atoms with Crippen LogP contribution in [0.25, 0.3) is 0 Å². The summed E-state index contributed by atoms with van der Waals surface area (Å²) in [5, 5.41) is 10.7. The first-order valence-corrected chi connectivity index (χ1v) is 6.72. The number of aliphatic hydroxyl groups excluding tert-OH is 1. The van der Waals surface area contributed by atoms with Gasteiger partial charge in [0.2, 0.25) is 0 Å². The molecule has 0 spiro atoms. The molecule has 98 valence electrons. The first kappa shape index (κ1) is 13.6.